The van der Waals surface area contributed by atoms with E-state index in [1.54, 1.807) is 62.6 Å². The number of rotatable bonds is 6. The molecule has 3 rings (SSSR count). The minimum atomic E-state index is -0.407. The van der Waals surface area contributed by atoms with Crippen molar-refractivity contribution < 1.29 is 13.9 Å². The summed E-state index contributed by atoms with van der Waals surface area (Å²) in [5, 5.41) is 11.4. The number of nitrogens with one attached hydrogen (secondary N) is 1. The zero-order chi connectivity index (χ0) is 18.5. The summed E-state index contributed by atoms with van der Waals surface area (Å²) in [4.78, 5) is 12.3. The molecule has 0 saturated carbocycles. The first-order valence-corrected chi connectivity index (χ1v) is 9.02. The number of hydrogen-bond donors (Lipinski definition) is 1. The lowest BCUT2D eigenvalue weighted by molar-refractivity contribution is -0.115. The summed E-state index contributed by atoms with van der Waals surface area (Å²) < 4.78 is 10.7. The number of amides is 1. The van der Waals surface area contributed by atoms with E-state index < -0.39 is 5.25 Å². The highest BCUT2D eigenvalue weighted by Gasteiger charge is 2.19. The molecule has 26 heavy (non-hydrogen) atoms. The number of anilines is 1. The normalized spacial score (nSPS) is 11.8. The number of carbonyl (C=O) groups excluding carboxylic acids is 1. The van der Waals surface area contributed by atoms with Crippen LogP contribution in [0.4, 0.5) is 5.69 Å². The molecule has 0 saturated heterocycles. The van der Waals surface area contributed by atoms with Crippen molar-refractivity contribution in [2.45, 2.75) is 17.4 Å². The zero-order valence-electron chi connectivity index (χ0n) is 14.1. The van der Waals surface area contributed by atoms with Crippen molar-refractivity contribution in [2.24, 2.45) is 0 Å². The quantitative estimate of drug-likeness (QED) is 0.624. The van der Waals surface area contributed by atoms with E-state index in [0.29, 0.717) is 21.8 Å². The predicted octanol–water partition coefficient (Wildman–Crippen LogP) is 4.52. The van der Waals surface area contributed by atoms with Crippen molar-refractivity contribution in [3.8, 4) is 17.2 Å². The molecule has 2 aromatic carbocycles. The summed E-state index contributed by atoms with van der Waals surface area (Å²) in [6.07, 6.45) is 0. The van der Waals surface area contributed by atoms with Gasteiger partial charge < -0.3 is 14.5 Å². The summed E-state index contributed by atoms with van der Waals surface area (Å²) in [5.74, 6) is 0.948. The molecule has 1 amide bonds. The standard InChI is InChI=1S/C18H16ClN3O3S/c1-11(16(23)20-14-7-9-15(24-2)10-8-14)26-18-22-21-17(25-18)12-3-5-13(19)6-4-12/h3-11H,1-2H3,(H,20,23). The second-order valence-corrected chi connectivity index (χ2v) is 7.09. The smallest absolute Gasteiger partial charge is 0.277 e. The topological polar surface area (TPSA) is 77.2 Å². The largest absolute Gasteiger partial charge is 0.497 e. The van der Waals surface area contributed by atoms with E-state index in [4.69, 9.17) is 20.8 Å². The maximum atomic E-state index is 12.3. The molecule has 3 aromatic rings. The number of thioether (sulfide) groups is 1. The van der Waals surface area contributed by atoms with Gasteiger partial charge in [-0.15, -0.1) is 10.2 Å². The second kappa shape index (κ2) is 8.25. The van der Waals surface area contributed by atoms with Gasteiger partial charge >= 0.3 is 0 Å². The summed E-state index contributed by atoms with van der Waals surface area (Å²) in [6, 6.07) is 14.2. The van der Waals surface area contributed by atoms with Gasteiger partial charge in [0.25, 0.3) is 5.22 Å². The van der Waals surface area contributed by atoms with E-state index in [1.807, 2.05) is 0 Å². The Balaban J connectivity index is 1.61. The Morgan fingerprint density at radius 1 is 1.15 bits per heavy atom. The van der Waals surface area contributed by atoms with Gasteiger partial charge in [-0.2, -0.15) is 0 Å². The van der Waals surface area contributed by atoms with Crippen LogP contribution < -0.4 is 10.1 Å². The average Bonchev–Trinajstić information content (AvgIpc) is 3.11. The number of methoxy groups -OCH3 is 1. The van der Waals surface area contributed by atoms with Crippen molar-refractivity contribution in [1.82, 2.24) is 10.2 Å². The number of benzene rings is 2. The van der Waals surface area contributed by atoms with E-state index in [9.17, 15) is 4.79 Å². The molecule has 134 valence electrons. The molecule has 6 nitrogen and oxygen atoms in total. The lowest BCUT2D eigenvalue weighted by atomic mass is 10.2. The maximum Gasteiger partial charge on any atom is 0.277 e. The number of halogens is 1. The second-order valence-electron chi connectivity index (χ2n) is 5.36. The number of carbonyl (C=O) groups is 1. The SMILES string of the molecule is COc1ccc(NC(=O)C(C)Sc2nnc(-c3ccc(Cl)cc3)o2)cc1. The van der Waals surface area contributed by atoms with Crippen LogP contribution in [0, 0.1) is 0 Å². The fourth-order valence-electron chi connectivity index (χ4n) is 2.09. The number of hydrogen-bond acceptors (Lipinski definition) is 6. The van der Waals surface area contributed by atoms with Crippen LogP contribution in [0.3, 0.4) is 0 Å². The lowest BCUT2D eigenvalue weighted by Gasteiger charge is -2.10. The highest BCUT2D eigenvalue weighted by atomic mass is 35.5. The van der Waals surface area contributed by atoms with E-state index in [2.05, 4.69) is 15.5 Å². The van der Waals surface area contributed by atoms with Gasteiger partial charge in [-0.1, -0.05) is 23.4 Å². The first-order chi connectivity index (χ1) is 12.5. The molecule has 8 heteroatoms. The monoisotopic (exact) mass is 389 g/mol. The number of aromatic nitrogens is 2. The zero-order valence-corrected chi connectivity index (χ0v) is 15.7. The summed E-state index contributed by atoms with van der Waals surface area (Å²) in [6.45, 7) is 1.77. The van der Waals surface area contributed by atoms with E-state index in [1.165, 1.54) is 11.8 Å². The molecular formula is C18H16ClN3O3S. The van der Waals surface area contributed by atoms with Crippen molar-refractivity contribution in [1.29, 1.82) is 0 Å². The molecule has 0 aliphatic carbocycles. The first-order valence-electron chi connectivity index (χ1n) is 7.76. The van der Waals surface area contributed by atoms with E-state index in [0.717, 1.165) is 11.3 Å². The van der Waals surface area contributed by atoms with Crippen LogP contribution in [-0.4, -0.2) is 28.5 Å². The van der Waals surface area contributed by atoms with Crippen LogP contribution in [0.5, 0.6) is 5.75 Å². The Kier molecular flexibility index (Phi) is 5.80. The summed E-state index contributed by atoms with van der Waals surface area (Å²) >= 11 is 7.06. The molecule has 0 fully saturated rings. The van der Waals surface area contributed by atoms with Crippen LogP contribution in [0.2, 0.25) is 5.02 Å². The van der Waals surface area contributed by atoms with Crippen LogP contribution in [0.1, 0.15) is 6.92 Å². The summed E-state index contributed by atoms with van der Waals surface area (Å²) in [5.41, 5.74) is 1.46. The van der Waals surface area contributed by atoms with Gasteiger partial charge in [-0.05, 0) is 55.5 Å². The van der Waals surface area contributed by atoms with Crippen molar-refractivity contribution in [3.63, 3.8) is 0 Å². The minimum Gasteiger partial charge on any atom is -0.497 e. The van der Waals surface area contributed by atoms with Gasteiger partial charge in [0.05, 0.1) is 12.4 Å². The highest BCUT2D eigenvalue weighted by molar-refractivity contribution is 8.00. The number of nitrogens with zero attached hydrogens (tertiary/aromatic N) is 2. The fourth-order valence-corrected chi connectivity index (χ4v) is 2.90. The molecule has 1 N–H and O–H groups in total. The third-order valence-electron chi connectivity index (χ3n) is 3.50. The maximum absolute atomic E-state index is 12.3. The molecule has 0 spiro atoms. The lowest BCUT2D eigenvalue weighted by Crippen LogP contribution is -2.22. The molecule has 0 radical (unpaired) electrons. The molecule has 1 aromatic heterocycles. The first kappa shape index (κ1) is 18.3. The van der Waals surface area contributed by atoms with Crippen LogP contribution >= 0.6 is 23.4 Å². The van der Waals surface area contributed by atoms with Gasteiger partial charge in [0.15, 0.2) is 0 Å². The average molecular weight is 390 g/mol. The van der Waals surface area contributed by atoms with Crippen LogP contribution in [-0.2, 0) is 4.79 Å². The van der Waals surface area contributed by atoms with E-state index in [-0.39, 0.29) is 5.91 Å². The molecule has 1 atom stereocenters. The van der Waals surface area contributed by atoms with Crippen molar-refractivity contribution in [2.75, 3.05) is 12.4 Å². The summed E-state index contributed by atoms with van der Waals surface area (Å²) in [7, 11) is 1.59. The Labute approximate surface area is 159 Å². The Morgan fingerprint density at radius 2 is 1.85 bits per heavy atom. The van der Waals surface area contributed by atoms with Gasteiger partial charge in [-0.25, -0.2) is 0 Å². The van der Waals surface area contributed by atoms with Gasteiger partial charge in [0.1, 0.15) is 5.75 Å². The minimum absolute atomic E-state index is 0.161. The van der Waals surface area contributed by atoms with Gasteiger partial charge in [0, 0.05) is 16.3 Å². The van der Waals surface area contributed by atoms with Gasteiger partial charge in [-0.3, -0.25) is 4.79 Å². The van der Waals surface area contributed by atoms with Crippen LogP contribution in [0.15, 0.2) is 58.2 Å². The van der Waals surface area contributed by atoms with Gasteiger partial charge in [0.2, 0.25) is 11.8 Å². The van der Waals surface area contributed by atoms with Crippen LogP contribution in [0.25, 0.3) is 11.5 Å². The van der Waals surface area contributed by atoms with Crippen molar-refractivity contribution >= 4 is 35.0 Å². The predicted molar refractivity (Wildman–Crippen MR) is 102 cm³/mol. The molecular weight excluding hydrogens is 374 g/mol. The Morgan fingerprint density at radius 3 is 2.50 bits per heavy atom. The van der Waals surface area contributed by atoms with E-state index >= 15 is 0 Å². The number of ether oxygens (including phenoxy) is 1. The highest BCUT2D eigenvalue weighted by Crippen LogP contribution is 2.27. The molecule has 0 aliphatic rings. The third-order valence-corrected chi connectivity index (χ3v) is 4.69. The Bertz CT molecular complexity index is 881. The third kappa shape index (κ3) is 4.56. The Hall–Kier alpha value is -2.51. The molecule has 1 unspecified atom stereocenters. The molecule has 1 heterocycles. The molecule has 0 aliphatic heterocycles. The van der Waals surface area contributed by atoms with Crippen molar-refractivity contribution in [3.05, 3.63) is 53.6 Å². The molecule has 0 bridgehead atoms. The fraction of sp³-hybridized carbons (Fsp3) is 0.167.